The van der Waals surface area contributed by atoms with Crippen molar-refractivity contribution in [3.8, 4) is 0 Å². The zero-order chi connectivity index (χ0) is 40.7. The lowest BCUT2D eigenvalue weighted by Crippen LogP contribution is -2.45. The van der Waals surface area contributed by atoms with Crippen LogP contribution in [-0.2, 0) is 18.4 Å². The van der Waals surface area contributed by atoms with Gasteiger partial charge in [0.2, 0.25) is 5.91 Å². The van der Waals surface area contributed by atoms with Crippen LogP contribution in [-0.4, -0.2) is 68.5 Å². The topological polar surface area (TPSA) is 108 Å². The van der Waals surface area contributed by atoms with Crippen LogP contribution in [0, 0.1) is 0 Å². The quantitative estimate of drug-likeness (QED) is 0.0287. The van der Waals surface area contributed by atoms with Gasteiger partial charge in [-0.15, -0.1) is 0 Å². The van der Waals surface area contributed by atoms with Crippen LogP contribution in [0.25, 0.3) is 0 Å². The molecule has 0 aromatic heterocycles. The number of likely N-dealkylation sites (N-methyl/N-ethyl adjacent to an activating group) is 1. The van der Waals surface area contributed by atoms with Gasteiger partial charge in [-0.2, -0.15) is 0 Å². The summed E-state index contributed by atoms with van der Waals surface area (Å²) >= 11 is 0. The van der Waals surface area contributed by atoms with Gasteiger partial charge in [-0.3, -0.25) is 9.36 Å². The molecule has 0 aromatic rings. The SMILES string of the molecule is CC/C=C\C/C=C\C/C=C\C/C=C\C/C=C\C/C=C\C/C=C\CCCC(=O)NC(COP(=O)([O-])OCC[N+](C)(C)C)C(O)/C=C/CC/C=C/CCCCCC. The number of phosphoric ester groups is 1. The third kappa shape index (κ3) is 39.2. The third-order valence-electron chi connectivity index (χ3n) is 8.22. The van der Waals surface area contributed by atoms with Crippen molar-refractivity contribution in [2.24, 2.45) is 0 Å². The van der Waals surface area contributed by atoms with Gasteiger partial charge in [0, 0.05) is 6.42 Å². The zero-order valence-electron chi connectivity index (χ0n) is 35.1. The average molecular weight is 785 g/mol. The summed E-state index contributed by atoms with van der Waals surface area (Å²) < 4.78 is 23.0. The second-order valence-electron chi connectivity index (χ2n) is 14.6. The predicted molar refractivity (Wildman–Crippen MR) is 232 cm³/mol. The number of unbranched alkanes of at least 4 members (excludes halogenated alkanes) is 6. The number of carbonyl (C=O) groups is 1. The van der Waals surface area contributed by atoms with Gasteiger partial charge in [0.15, 0.2) is 0 Å². The lowest BCUT2D eigenvalue weighted by molar-refractivity contribution is -0.870. The number of amides is 1. The number of hydrogen-bond donors (Lipinski definition) is 2. The Bertz CT molecular complexity index is 1260. The Kier molecular flexibility index (Phi) is 34.9. The number of aliphatic hydroxyl groups is 1. The van der Waals surface area contributed by atoms with E-state index < -0.39 is 26.6 Å². The predicted octanol–water partition coefficient (Wildman–Crippen LogP) is 10.7. The van der Waals surface area contributed by atoms with Gasteiger partial charge in [-0.25, -0.2) is 0 Å². The number of hydrogen-bond acceptors (Lipinski definition) is 6. The molecule has 3 unspecified atom stereocenters. The fourth-order valence-electron chi connectivity index (χ4n) is 4.92. The van der Waals surface area contributed by atoms with E-state index in [1.54, 1.807) is 6.08 Å². The number of quaternary nitrogens is 1. The molecule has 0 saturated carbocycles. The molecule has 0 bridgehead atoms. The number of allylic oxidation sites excluding steroid dienone is 17. The molecule has 3 atom stereocenters. The largest absolute Gasteiger partial charge is 0.756 e. The zero-order valence-corrected chi connectivity index (χ0v) is 36.0. The van der Waals surface area contributed by atoms with E-state index in [2.05, 4.69) is 116 Å². The summed E-state index contributed by atoms with van der Waals surface area (Å²) in [6, 6.07) is -0.939. The van der Waals surface area contributed by atoms with Crippen molar-refractivity contribution in [1.82, 2.24) is 5.32 Å². The van der Waals surface area contributed by atoms with Crippen molar-refractivity contribution in [3.63, 3.8) is 0 Å². The van der Waals surface area contributed by atoms with Gasteiger partial charge in [-0.05, 0) is 83.5 Å². The van der Waals surface area contributed by atoms with E-state index in [0.29, 0.717) is 17.4 Å². The van der Waals surface area contributed by atoms with E-state index in [1.807, 2.05) is 27.2 Å². The fourth-order valence-corrected chi connectivity index (χ4v) is 5.64. The summed E-state index contributed by atoms with van der Waals surface area (Å²) in [6.45, 7) is 4.38. The molecule has 0 aromatic carbocycles. The molecule has 9 heteroatoms. The highest BCUT2D eigenvalue weighted by atomic mass is 31.2. The minimum absolute atomic E-state index is 0.0243. The van der Waals surface area contributed by atoms with E-state index in [9.17, 15) is 19.4 Å². The normalized spacial score (nSPS) is 15.5. The van der Waals surface area contributed by atoms with Crippen LogP contribution in [0.3, 0.4) is 0 Å². The molecule has 0 fully saturated rings. The van der Waals surface area contributed by atoms with Crippen molar-refractivity contribution in [3.05, 3.63) is 109 Å². The number of nitrogens with one attached hydrogen (secondary N) is 1. The van der Waals surface area contributed by atoms with Crippen molar-refractivity contribution >= 4 is 13.7 Å². The maximum atomic E-state index is 12.8. The minimum Gasteiger partial charge on any atom is -0.756 e. The van der Waals surface area contributed by atoms with Crippen LogP contribution in [0.4, 0.5) is 0 Å². The maximum absolute atomic E-state index is 12.8. The molecule has 0 spiro atoms. The molecule has 0 rings (SSSR count). The molecule has 0 saturated heterocycles. The molecule has 55 heavy (non-hydrogen) atoms. The summed E-state index contributed by atoms with van der Waals surface area (Å²) in [6.07, 6.45) is 53.0. The molecule has 2 N–H and O–H groups in total. The van der Waals surface area contributed by atoms with Crippen molar-refractivity contribution in [1.29, 1.82) is 0 Å². The molecule has 8 nitrogen and oxygen atoms in total. The van der Waals surface area contributed by atoms with Crippen molar-refractivity contribution < 1.29 is 32.9 Å². The van der Waals surface area contributed by atoms with Crippen LogP contribution in [0.1, 0.15) is 123 Å². The molecule has 1 amide bonds. The molecule has 0 aliphatic rings. The first-order chi connectivity index (χ1) is 26.5. The number of aliphatic hydroxyl groups excluding tert-OH is 1. The Morgan fingerprint density at radius 2 is 1.13 bits per heavy atom. The highest BCUT2D eigenvalue weighted by Gasteiger charge is 2.23. The lowest BCUT2D eigenvalue weighted by Gasteiger charge is -2.29. The van der Waals surface area contributed by atoms with E-state index >= 15 is 0 Å². The monoisotopic (exact) mass is 785 g/mol. The highest BCUT2D eigenvalue weighted by molar-refractivity contribution is 7.45. The lowest BCUT2D eigenvalue weighted by atomic mass is 10.1. The third-order valence-corrected chi connectivity index (χ3v) is 9.18. The van der Waals surface area contributed by atoms with Crippen LogP contribution >= 0.6 is 7.82 Å². The standard InChI is InChI=1S/C46H77N2O6P/c1-6-8-10-12-14-16-18-19-20-21-22-23-24-25-26-27-28-29-30-32-34-36-38-40-46(50)47-44(43-54-55(51,52)53-42-41-48(3,4)5)45(49)39-37-35-33-31-17-15-13-11-9-7-2/h8,10,14,16-17,19-20,22-23,25-26,28-29,31-32,34,37,39,44-45,49H,6-7,9,11-13,15,18,21,24,27,30,33,35-36,38,40-43H2,1-5H3,(H-,47,50,51,52)/b10-8-,16-14-,20-19-,23-22-,26-25-,29-28-,31-17+,34-32-,39-37+. The number of phosphoric acid groups is 1. The number of nitrogens with zero attached hydrogens (tertiary/aromatic N) is 1. The number of carbonyl (C=O) groups excluding carboxylic acids is 1. The van der Waals surface area contributed by atoms with E-state index in [0.717, 1.165) is 70.6 Å². The van der Waals surface area contributed by atoms with Crippen LogP contribution < -0.4 is 10.2 Å². The van der Waals surface area contributed by atoms with Crippen LogP contribution in [0.15, 0.2) is 109 Å². The molecular weight excluding hydrogens is 707 g/mol. The summed E-state index contributed by atoms with van der Waals surface area (Å²) in [5.41, 5.74) is 0. The second-order valence-corrected chi connectivity index (χ2v) is 16.0. The van der Waals surface area contributed by atoms with Gasteiger partial charge in [0.1, 0.15) is 13.2 Å². The first-order valence-corrected chi connectivity index (χ1v) is 22.2. The fraction of sp³-hybridized carbons (Fsp3) is 0.587. The minimum atomic E-state index is -4.61. The first kappa shape index (κ1) is 52.2. The van der Waals surface area contributed by atoms with E-state index in [4.69, 9.17) is 9.05 Å². The summed E-state index contributed by atoms with van der Waals surface area (Å²) in [7, 11) is 1.18. The first-order valence-electron chi connectivity index (χ1n) is 20.7. The molecular formula is C46H77N2O6P. The van der Waals surface area contributed by atoms with Gasteiger partial charge in [0.25, 0.3) is 7.82 Å². The summed E-state index contributed by atoms with van der Waals surface area (Å²) in [5.74, 6) is -0.274. The second kappa shape index (κ2) is 36.8. The Morgan fingerprint density at radius 1 is 0.655 bits per heavy atom. The van der Waals surface area contributed by atoms with Crippen LogP contribution in [0.2, 0.25) is 0 Å². The van der Waals surface area contributed by atoms with Gasteiger partial charge < -0.3 is 28.8 Å². The summed E-state index contributed by atoms with van der Waals surface area (Å²) in [5, 5.41) is 13.6. The molecule has 0 heterocycles. The Balaban J connectivity index is 4.55. The molecule has 0 aliphatic heterocycles. The molecule has 312 valence electrons. The molecule has 0 aliphatic carbocycles. The average Bonchev–Trinajstić information content (AvgIpc) is 3.13. The Hall–Kier alpha value is -2.84. The van der Waals surface area contributed by atoms with Crippen LogP contribution in [0.5, 0.6) is 0 Å². The summed E-state index contributed by atoms with van der Waals surface area (Å²) in [4.78, 5) is 25.2. The number of rotatable bonds is 35. The van der Waals surface area contributed by atoms with Crippen molar-refractivity contribution in [2.75, 3.05) is 40.9 Å². The van der Waals surface area contributed by atoms with Gasteiger partial charge in [0.05, 0.1) is 39.9 Å². The van der Waals surface area contributed by atoms with E-state index in [1.165, 1.54) is 25.7 Å². The Labute approximate surface area is 336 Å². The Morgan fingerprint density at radius 3 is 1.65 bits per heavy atom. The maximum Gasteiger partial charge on any atom is 0.268 e. The van der Waals surface area contributed by atoms with Gasteiger partial charge >= 0.3 is 0 Å². The molecule has 0 radical (unpaired) electrons. The van der Waals surface area contributed by atoms with Crippen molar-refractivity contribution in [2.45, 2.75) is 135 Å². The highest BCUT2D eigenvalue weighted by Crippen LogP contribution is 2.38. The van der Waals surface area contributed by atoms with Gasteiger partial charge in [-0.1, -0.05) is 142 Å². The van der Waals surface area contributed by atoms with E-state index in [-0.39, 0.29) is 18.9 Å². The smallest absolute Gasteiger partial charge is 0.268 e.